The highest BCUT2D eigenvalue weighted by atomic mass is 19.4. The van der Waals surface area contributed by atoms with Crippen LogP contribution in [-0.4, -0.2) is 35.6 Å². The van der Waals surface area contributed by atoms with E-state index in [1.165, 1.54) is 0 Å². The van der Waals surface area contributed by atoms with E-state index in [1.807, 2.05) is 0 Å². The van der Waals surface area contributed by atoms with Crippen LogP contribution in [0.5, 0.6) is 0 Å². The van der Waals surface area contributed by atoms with Gasteiger partial charge in [-0.2, -0.15) is 13.2 Å². The molecule has 0 aliphatic carbocycles. The Morgan fingerprint density at radius 1 is 1.43 bits per heavy atom. The SMILES string of the molecule is CC(=O)N1CC(N)CCC1C(F)(F)F. The maximum Gasteiger partial charge on any atom is 0.408 e. The number of rotatable bonds is 0. The van der Waals surface area contributed by atoms with Crippen molar-refractivity contribution < 1.29 is 18.0 Å². The van der Waals surface area contributed by atoms with Gasteiger partial charge in [-0.15, -0.1) is 0 Å². The molecule has 0 aromatic heterocycles. The van der Waals surface area contributed by atoms with Gasteiger partial charge in [-0.1, -0.05) is 0 Å². The minimum Gasteiger partial charge on any atom is -0.329 e. The standard InChI is InChI=1S/C8H13F3N2O/c1-5(14)13-4-6(12)2-3-7(13)8(9,10)11/h6-7H,2-4,12H2,1H3. The molecule has 1 heterocycles. The number of hydrogen-bond acceptors (Lipinski definition) is 2. The van der Waals surface area contributed by atoms with Gasteiger partial charge in [0.15, 0.2) is 0 Å². The summed E-state index contributed by atoms with van der Waals surface area (Å²) in [5.74, 6) is -0.567. The van der Waals surface area contributed by atoms with Crippen LogP contribution in [0.15, 0.2) is 0 Å². The Morgan fingerprint density at radius 3 is 2.43 bits per heavy atom. The van der Waals surface area contributed by atoms with Gasteiger partial charge in [0.1, 0.15) is 6.04 Å². The fraction of sp³-hybridized carbons (Fsp3) is 0.875. The van der Waals surface area contributed by atoms with Gasteiger partial charge in [-0.3, -0.25) is 4.79 Å². The van der Waals surface area contributed by atoms with Gasteiger partial charge in [0.2, 0.25) is 5.91 Å². The first-order valence-corrected chi connectivity index (χ1v) is 4.42. The van der Waals surface area contributed by atoms with Crippen LogP contribution < -0.4 is 5.73 Å². The Hall–Kier alpha value is -0.780. The monoisotopic (exact) mass is 210 g/mol. The second-order valence-corrected chi connectivity index (χ2v) is 3.57. The van der Waals surface area contributed by atoms with Crippen molar-refractivity contribution in [1.82, 2.24) is 4.90 Å². The molecule has 2 unspecified atom stereocenters. The van der Waals surface area contributed by atoms with Crippen molar-refractivity contribution in [2.24, 2.45) is 5.73 Å². The lowest BCUT2D eigenvalue weighted by molar-refractivity contribution is -0.196. The second kappa shape index (κ2) is 3.76. The molecular weight excluding hydrogens is 197 g/mol. The largest absolute Gasteiger partial charge is 0.408 e. The predicted molar refractivity (Wildman–Crippen MR) is 44.4 cm³/mol. The maximum atomic E-state index is 12.4. The van der Waals surface area contributed by atoms with Crippen LogP contribution in [-0.2, 0) is 4.79 Å². The van der Waals surface area contributed by atoms with E-state index in [0.717, 1.165) is 11.8 Å². The van der Waals surface area contributed by atoms with Gasteiger partial charge < -0.3 is 10.6 Å². The molecule has 1 saturated heterocycles. The topological polar surface area (TPSA) is 46.3 Å². The van der Waals surface area contributed by atoms with Crippen LogP contribution in [0.4, 0.5) is 13.2 Å². The third-order valence-electron chi connectivity index (χ3n) is 2.40. The number of hydrogen-bond donors (Lipinski definition) is 1. The van der Waals surface area contributed by atoms with Gasteiger partial charge in [0, 0.05) is 19.5 Å². The summed E-state index contributed by atoms with van der Waals surface area (Å²) in [5, 5.41) is 0. The molecule has 2 N–H and O–H groups in total. The molecule has 1 amide bonds. The van der Waals surface area contributed by atoms with E-state index in [9.17, 15) is 18.0 Å². The number of halogens is 3. The summed E-state index contributed by atoms with van der Waals surface area (Å²) in [7, 11) is 0. The minimum atomic E-state index is -4.34. The van der Waals surface area contributed by atoms with Crippen LogP contribution in [0.25, 0.3) is 0 Å². The van der Waals surface area contributed by atoms with Crippen molar-refractivity contribution in [2.75, 3.05) is 6.54 Å². The lowest BCUT2D eigenvalue weighted by Crippen LogP contribution is -2.56. The molecule has 1 fully saturated rings. The van der Waals surface area contributed by atoms with Gasteiger partial charge in [0.25, 0.3) is 0 Å². The first-order chi connectivity index (χ1) is 6.32. The number of alkyl halides is 3. The summed E-state index contributed by atoms with van der Waals surface area (Å²) in [6.45, 7) is 1.14. The zero-order valence-electron chi connectivity index (χ0n) is 7.84. The van der Waals surface area contributed by atoms with Crippen molar-refractivity contribution >= 4 is 5.91 Å². The Morgan fingerprint density at radius 2 is 2.00 bits per heavy atom. The van der Waals surface area contributed by atoms with E-state index in [2.05, 4.69) is 0 Å². The molecule has 0 radical (unpaired) electrons. The number of carbonyl (C=O) groups excluding carboxylic acids is 1. The molecule has 0 aromatic carbocycles. The maximum absolute atomic E-state index is 12.4. The summed E-state index contributed by atoms with van der Waals surface area (Å²) >= 11 is 0. The molecule has 0 saturated carbocycles. The summed E-state index contributed by atoms with van der Waals surface area (Å²) in [6.07, 6.45) is -4.12. The van der Waals surface area contributed by atoms with Crippen molar-refractivity contribution in [3.63, 3.8) is 0 Å². The molecule has 14 heavy (non-hydrogen) atoms. The third-order valence-corrected chi connectivity index (χ3v) is 2.40. The number of likely N-dealkylation sites (tertiary alicyclic amines) is 1. The van der Waals surface area contributed by atoms with E-state index in [4.69, 9.17) is 5.73 Å². The lowest BCUT2D eigenvalue weighted by Gasteiger charge is -2.38. The number of piperidine rings is 1. The minimum absolute atomic E-state index is 0.000486. The van der Waals surface area contributed by atoms with Crippen molar-refractivity contribution in [3.05, 3.63) is 0 Å². The molecule has 6 heteroatoms. The Labute approximate surface area is 80.0 Å². The highest BCUT2D eigenvalue weighted by Gasteiger charge is 2.46. The molecule has 1 rings (SSSR count). The van der Waals surface area contributed by atoms with E-state index in [1.54, 1.807) is 0 Å². The van der Waals surface area contributed by atoms with Crippen molar-refractivity contribution in [2.45, 2.75) is 38.0 Å². The Kier molecular flexibility index (Phi) is 3.04. The van der Waals surface area contributed by atoms with Crippen LogP contribution in [0.2, 0.25) is 0 Å². The van der Waals surface area contributed by atoms with Crippen molar-refractivity contribution in [3.8, 4) is 0 Å². The quantitative estimate of drug-likeness (QED) is 0.645. The lowest BCUT2D eigenvalue weighted by atomic mass is 9.98. The highest BCUT2D eigenvalue weighted by Crippen LogP contribution is 2.31. The summed E-state index contributed by atoms with van der Waals surface area (Å²) < 4.78 is 37.3. The Balaban J connectivity index is 2.78. The zero-order valence-corrected chi connectivity index (χ0v) is 7.84. The van der Waals surface area contributed by atoms with E-state index < -0.39 is 18.1 Å². The van der Waals surface area contributed by atoms with Gasteiger partial charge in [0.05, 0.1) is 0 Å². The molecule has 0 aromatic rings. The van der Waals surface area contributed by atoms with E-state index in [-0.39, 0.29) is 19.0 Å². The number of nitrogens with two attached hydrogens (primary N) is 1. The molecule has 2 atom stereocenters. The number of carbonyl (C=O) groups is 1. The van der Waals surface area contributed by atoms with Gasteiger partial charge >= 0.3 is 6.18 Å². The van der Waals surface area contributed by atoms with E-state index >= 15 is 0 Å². The Bertz CT molecular complexity index is 229. The molecular formula is C8H13F3N2O. The number of amides is 1. The predicted octanol–water partition coefficient (Wildman–Crippen LogP) is 0.887. The molecule has 1 aliphatic rings. The average Bonchev–Trinajstić information content (AvgIpc) is 2.01. The van der Waals surface area contributed by atoms with Crippen LogP contribution in [0.1, 0.15) is 19.8 Å². The molecule has 1 aliphatic heterocycles. The molecule has 82 valence electrons. The number of nitrogens with zero attached hydrogens (tertiary/aromatic N) is 1. The molecule has 0 bridgehead atoms. The van der Waals surface area contributed by atoms with Crippen molar-refractivity contribution in [1.29, 1.82) is 0 Å². The first kappa shape index (κ1) is 11.3. The van der Waals surface area contributed by atoms with E-state index in [0.29, 0.717) is 6.42 Å². The van der Waals surface area contributed by atoms with Crippen LogP contribution >= 0.6 is 0 Å². The second-order valence-electron chi connectivity index (χ2n) is 3.57. The zero-order chi connectivity index (χ0) is 10.9. The fourth-order valence-electron chi connectivity index (χ4n) is 1.69. The first-order valence-electron chi connectivity index (χ1n) is 4.42. The average molecular weight is 210 g/mol. The van der Waals surface area contributed by atoms with Crippen LogP contribution in [0, 0.1) is 0 Å². The van der Waals surface area contributed by atoms with Gasteiger partial charge in [-0.05, 0) is 12.8 Å². The summed E-state index contributed by atoms with van der Waals surface area (Å²) in [4.78, 5) is 11.8. The smallest absolute Gasteiger partial charge is 0.329 e. The molecule has 0 spiro atoms. The third kappa shape index (κ3) is 2.37. The molecule has 3 nitrogen and oxygen atoms in total. The normalized spacial score (nSPS) is 29.1. The fourth-order valence-corrected chi connectivity index (χ4v) is 1.69. The van der Waals surface area contributed by atoms with Crippen LogP contribution in [0.3, 0.4) is 0 Å². The van der Waals surface area contributed by atoms with Gasteiger partial charge in [-0.25, -0.2) is 0 Å². The summed E-state index contributed by atoms with van der Waals surface area (Å²) in [6, 6.07) is -1.99. The highest BCUT2D eigenvalue weighted by molar-refractivity contribution is 5.73. The summed E-state index contributed by atoms with van der Waals surface area (Å²) in [5.41, 5.74) is 5.51.